The van der Waals surface area contributed by atoms with Crippen LogP contribution in [0.25, 0.3) is 6.08 Å². The highest BCUT2D eigenvalue weighted by molar-refractivity contribution is 6.06. The van der Waals surface area contributed by atoms with Crippen LogP contribution in [0.5, 0.6) is 11.5 Å². The van der Waals surface area contributed by atoms with Crippen molar-refractivity contribution in [3.63, 3.8) is 0 Å². The number of hydrogen-bond acceptors (Lipinski definition) is 3. The summed E-state index contributed by atoms with van der Waals surface area (Å²) < 4.78 is 5.00. The number of hydrogen-bond donors (Lipinski definition) is 1. The van der Waals surface area contributed by atoms with E-state index in [0.29, 0.717) is 5.75 Å². The Balaban J connectivity index is 2.57. The number of allylic oxidation sites excluding steroid dienone is 1. The van der Waals surface area contributed by atoms with E-state index < -0.39 is 0 Å². The fourth-order valence-corrected chi connectivity index (χ4v) is 1.62. The summed E-state index contributed by atoms with van der Waals surface area (Å²) in [4.78, 5) is 11.5. The molecule has 0 aromatic heterocycles. The van der Waals surface area contributed by atoms with Crippen LogP contribution >= 0.6 is 0 Å². The first-order valence-electron chi connectivity index (χ1n) is 6.75. The topological polar surface area (TPSA) is 46.5 Å². The summed E-state index contributed by atoms with van der Waals surface area (Å²) in [6.45, 7) is 2.13. The minimum atomic E-state index is -0.214. The molecule has 0 saturated heterocycles. The number of phenols is 1. The predicted octanol–water partition coefficient (Wildman–Crippen LogP) is 3.57. The third kappa shape index (κ3) is 5.62. The highest BCUT2D eigenvalue weighted by Crippen LogP contribution is 2.26. The Bertz CT molecular complexity index is 533. The Morgan fingerprint density at radius 1 is 1.40 bits per heavy atom. The van der Waals surface area contributed by atoms with Gasteiger partial charge in [-0.25, -0.2) is 0 Å². The number of carbonyl (C=O) groups is 1. The van der Waals surface area contributed by atoms with Crippen molar-refractivity contribution < 1.29 is 14.6 Å². The lowest BCUT2D eigenvalue weighted by Crippen LogP contribution is -1.87. The zero-order valence-electron chi connectivity index (χ0n) is 12.0. The molecule has 1 N–H and O–H groups in total. The van der Waals surface area contributed by atoms with Crippen LogP contribution in [-0.4, -0.2) is 18.0 Å². The van der Waals surface area contributed by atoms with Gasteiger partial charge in [-0.1, -0.05) is 37.8 Å². The molecule has 0 atom stereocenters. The van der Waals surface area contributed by atoms with Crippen LogP contribution in [0.1, 0.15) is 38.2 Å². The van der Waals surface area contributed by atoms with Gasteiger partial charge in [-0.2, -0.15) is 0 Å². The summed E-state index contributed by atoms with van der Waals surface area (Å²) in [5.74, 6) is 5.71. The van der Waals surface area contributed by atoms with Gasteiger partial charge in [0.1, 0.15) is 0 Å². The molecule has 1 aromatic carbocycles. The second-order valence-corrected chi connectivity index (χ2v) is 4.39. The Morgan fingerprint density at radius 2 is 2.20 bits per heavy atom. The Morgan fingerprint density at radius 3 is 2.90 bits per heavy atom. The number of benzene rings is 1. The number of phenolic OH excluding ortho intramolecular Hbond substituents is 1. The maximum atomic E-state index is 11.5. The largest absolute Gasteiger partial charge is 0.504 e. The SMILES string of the molecule is CCCCCC#CC(=O)/C=C/c1ccc(O)c(OC)c1. The molecule has 106 valence electrons. The van der Waals surface area contributed by atoms with E-state index in [1.54, 1.807) is 18.2 Å². The molecule has 0 aliphatic carbocycles. The van der Waals surface area contributed by atoms with Crippen molar-refractivity contribution >= 4 is 11.9 Å². The average Bonchev–Trinajstić information content (AvgIpc) is 2.46. The van der Waals surface area contributed by atoms with Gasteiger partial charge in [0.15, 0.2) is 11.5 Å². The molecule has 1 aromatic rings. The van der Waals surface area contributed by atoms with E-state index in [1.165, 1.54) is 19.3 Å². The van der Waals surface area contributed by atoms with Crippen molar-refractivity contribution in [3.8, 4) is 23.3 Å². The van der Waals surface area contributed by atoms with Crippen LogP contribution in [-0.2, 0) is 4.79 Å². The van der Waals surface area contributed by atoms with Crippen molar-refractivity contribution in [1.29, 1.82) is 0 Å². The zero-order valence-corrected chi connectivity index (χ0v) is 12.0. The van der Waals surface area contributed by atoms with Crippen LogP contribution in [0.15, 0.2) is 24.3 Å². The standard InChI is InChI=1S/C17H20O3/c1-3-4-5-6-7-8-15(18)11-9-14-10-12-16(19)17(13-14)20-2/h9-13,19H,3-6H2,1-2H3/b11-9+. The van der Waals surface area contributed by atoms with Gasteiger partial charge in [-0.05, 0) is 36.1 Å². The summed E-state index contributed by atoms with van der Waals surface area (Å²) >= 11 is 0. The van der Waals surface area contributed by atoms with Gasteiger partial charge in [0, 0.05) is 6.42 Å². The van der Waals surface area contributed by atoms with E-state index in [9.17, 15) is 9.90 Å². The van der Waals surface area contributed by atoms with Gasteiger partial charge < -0.3 is 9.84 Å². The number of unbranched alkanes of at least 4 members (excludes halogenated alkanes) is 3. The number of carbonyl (C=O) groups excluding carboxylic acids is 1. The molecule has 0 amide bonds. The van der Waals surface area contributed by atoms with Crippen LogP contribution < -0.4 is 4.74 Å². The van der Waals surface area contributed by atoms with Crippen molar-refractivity contribution in [2.24, 2.45) is 0 Å². The lowest BCUT2D eigenvalue weighted by Gasteiger charge is -2.03. The maximum absolute atomic E-state index is 11.5. The smallest absolute Gasteiger partial charge is 0.228 e. The minimum absolute atomic E-state index is 0.0756. The number of ether oxygens (including phenoxy) is 1. The van der Waals surface area contributed by atoms with E-state index in [1.807, 2.05) is 0 Å². The molecular formula is C17H20O3. The third-order valence-corrected chi connectivity index (χ3v) is 2.75. The Hall–Kier alpha value is -2.21. The van der Waals surface area contributed by atoms with Gasteiger partial charge >= 0.3 is 0 Å². The minimum Gasteiger partial charge on any atom is -0.504 e. The first kappa shape index (κ1) is 15.8. The molecule has 3 heteroatoms. The van der Waals surface area contributed by atoms with E-state index in [2.05, 4.69) is 18.8 Å². The number of ketones is 1. The molecule has 0 saturated carbocycles. The average molecular weight is 272 g/mol. The zero-order chi connectivity index (χ0) is 14.8. The Labute approximate surface area is 120 Å². The van der Waals surface area contributed by atoms with Gasteiger partial charge in [0.2, 0.25) is 5.78 Å². The molecule has 20 heavy (non-hydrogen) atoms. The first-order chi connectivity index (χ1) is 9.67. The normalized spacial score (nSPS) is 10.1. The molecule has 0 fully saturated rings. The van der Waals surface area contributed by atoms with Crippen LogP contribution in [0.4, 0.5) is 0 Å². The third-order valence-electron chi connectivity index (χ3n) is 2.75. The lowest BCUT2D eigenvalue weighted by molar-refractivity contribution is -0.109. The number of rotatable bonds is 6. The Kier molecular flexibility index (Phi) is 6.99. The molecule has 0 heterocycles. The van der Waals surface area contributed by atoms with Crippen LogP contribution in [0.3, 0.4) is 0 Å². The molecule has 0 unspecified atom stereocenters. The number of aromatic hydroxyl groups is 1. The van der Waals surface area contributed by atoms with E-state index in [-0.39, 0.29) is 11.5 Å². The molecular weight excluding hydrogens is 252 g/mol. The maximum Gasteiger partial charge on any atom is 0.228 e. The van der Waals surface area contributed by atoms with Crippen LogP contribution in [0, 0.1) is 11.8 Å². The number of methoxy groups -OCH3 is 1. The fourth-order valence-electron chi connectivity index (χ4n) is 1.62. The lowest BCUT2D eigenvalue weighted by atomic mass is 10.1. The monoisotopic (exact) mass is 272 g/mol. The second-order valence-electron chi connectivity index (χ2n) is 4.39. The molecule has 1 rings (SSSR count). The van der Waals surface area contributed by atoms with Gasteiger partial charge in [-0.15, -0.1) is 0 Å². The van der Waals surface area contributed by atoms with Gasteiger partial charge in [0.05, 0.1) is 7.11 Å². The second kappa shape index (κ2) is 8.82. The summed E-state index contributed by atoms with van der Waals surface area (Å²) in [5.41, 5.74) is 0.779. The van der Waals surface area contributed by atoms with Crippen molar-refractivity contribution in [2.45, 2.75) is 32.6 Å². The van der Waals surface area contributed by atoms with E-state index in [0.717, 1.165) is 31.2 Å². The molecule has 0 bridgehead atoms. The van der Waals surface area contributed by atoms with Crippen molar-refractivity contribution in [3.05, 3.63) is 29.8 Å². The highest BCUT2D eigenvalue weighted by Gasteiger charge is 2.00. The quantitative estimate of drug-likeness (QED) is 0.373. The molecule has 0 spiro atoms. The van der Waals surface area contributed by atoms with Crippen molar-refractivity contribution in [1.82, 2.24) is 0 Å². The molecule has 0 radical (unpaired) electrons. The fraction of sp³-hybridized carbons (Fsp3) is 0.353. The van der Waals surface area contributed by atoms with E-state index >= 15 is 0 Å². The molecule has 0 aliphatic heterocycles. The molecule has 0 aliphatic rings. The van der Waals surface area contributed by atoms with Crippen molar-refractivity contribution in [2.75, 3.05) is 7.11 Å². The predicted molar refractivity (Wildman–Crippen MR) is 80.6 cm³/mol. The summed E-state index contributed by atoms with van der Waals surface area (Å²) in [7, 11) is 1.48. The van der Waals surface area contributed by atoms with Gasteiger partial charge in [-0.3, -0.25) is 4.79 Å². The first-order valence-corrected chi connectivity index (χ1v) is 6.75. The molecule has 3 nitrogen and oxygen atoms in total. The van der Waals surface area contributed by atoms with E-state index in [4.69, 9.17) is 4.74 Å². The summed E-state index contributed by atoms with van der Waals surface area (Å²) in [6, 6.07) is 4.89. The van der Waals surface area contributed by atoms with Crippen LogP contribution in [0.2, 0.25) is 0 Å². The highest BCUT2D eigenvalue weighted by atomic mass is 16.5. The summed E-state index contributed by atoms with van der Waals surface area (Å²) in [5, 5.41) is 9.46. The summed E-state index contributed by atoms with van der Waals surface area (Å²) in [6.07, 6.45) is 7.18. The van der Waals surface area contributed by atoms with Gasteiger partial charge in [0.25, 0.3) is 0 Å².